The Morgan fingerprint density at radius 1 is 1.23 bits per heavy atom. The van der Waals surface area contributed by atoms with Crippen molar-refractivity contribution in [2.45, 2.75) is 19.8 Å². The maximum absolute atomic E-state index is 12.4. The minimum atomic E-state index is -0.110. The van der Waals surface area contributed by atoms with E-state index in [1.165, 1.54) is 16.6 Å². The van der Waals surface area contributed by atoms with Crippen molar-refractivity contribution in [1.29, 1.82) is 0 Å². The van der Waals surface area contributed by atoms with Crippen LogP contribution < -0.4 is 5.32 Å². The lowest BCUT2D eigenvalue weighted by Gasteiger charge is -2.06. The summed E-state index contributed by atoms with van der Waals surface area (Å²) in [5, 5.41) is 15.0. The second kappa shape index (κ2) is 6.79. The van der Waals surface area contributed by atoms with Crippen molar-refractivity contribution in [3.63, 3.8) is 0 Å². The van der Waals surface area contributed by atoms with Crippen LogP contribution in [0.4, 0.5) is 5.69 Å². The fraction of sp³-hybridized carbons (Fsp3) is 0.158. The van der Waals surface area contributed by atoms with E-state index in [1.54, 1.807) is 6.26 Å². The second-order valence-corrected chi connectivity index (χ2v) is 5.97. The minimum absolute atomic E-state index is 0.110. The van der Waals surface area contributed by atoms with Crippen molar-refractivity contribution in [1.82, 2.24) is 20.2 Å². The zero-order valence-electron chi connectivity index (χ0n) is 14.2. The van der Waals surface area contributed by atoms with Gasteiger partial charge >= 0.3 is 0 Å². The van der Waals surface area contributed by atoms with E-state index in [0.29, 0.717) is 5.69 Å². The van der Waals surface area contributed by atoms with Gasteiger partial charge in [0.05, 0.1) is 18.4 Å². The fourth-order valence-electron chi connectivity index (χ4n) is 2.87. The average molecular weight is 347 g/mol. The first kappa shape index (κ1) is 16.0. The van der Waals surface area contributed by atoms with Crippen molar-refractivity contribution in [3.8, 4) is 5.69 Å². The summed E-state index contributed by atoms with van der Waals surface area (Å²) in [6.45, 7) is 2.10. The molecule has 0 aliphatic carbocycles. The molecule has 7 heteroatoms. The number of nitrogens with zero attached hydrogens (tertiary/aromatic N) is 4. The number of fused-ring (bicyclic) bond motifs is 1. The van der Waals surface area contributed by atoms with Crippen LogP contribution in [0.2, 0.25) is 0 Å². The summed E-state index contributed by atoms with van der Waals surface area (Å²) < 4.78 is 7.14. The zero-order valence-corrected chi connectivity index (χ0v) is 14.2. The summed E-state index contributed by atoms with van der Waals surface area (Å²) in [6.07, 6.45) is 4.35. The molecule has 7 nitrogen and oxygen atoms in total. The highest BCUT2D eigenvalue weighted by Crippen LogP contribution is 2.23. The number of anilines is 1. The molecule has 0 bridgehead atoms. The summed E-state index contributed by atoms with van der Waals surface area (Å²) in [4.78, 5) is 12.4. The number of benzene rings is 2. The first-order valence-corrected chi connectivity index (χ1v) is 8.35. The molecule has 1 N–H and O–H groups in total. The molecular weight excluding hydrogens is 330 g/mol. The third kappa shape index (κ3) is 3.19. The van der Waals surface area contributed by atoms with Crippen molar-refractivity contribution in [2.24, 2.45) is 0 Å². The van der Waals surface area contributed by atoms with Crippen LogP contribution in [0.5, 0.6) is 0 Å². The smallest absolute Gasteiger partial charge is 0.228 e. The van der Waals surface area contributed by atoms with E-state index in [2.05, 4.69) is 33.8 Å². The number of hydrogen-bond acceptors (Lipinski definition) is 5. The van der Waals surface area contributed by atoms with E-state index >= 15 is 0 Å². The normalized spacial score (nSPS) is 11.0. The second-order valence-electron chi connectivity index (χ2n) is 5.97. The van der Waals surface area contributed by atoms with Crippen molar-refractivity contribution in [3.05, 3.63) is 66.2 Å². The monoisotopic (exact) mass is 347 g/mol. The Labute approximate surface area is 149 Å². The van der Waals surface area contributed by atoms with Gasteiger partial charge in [0.25, 0.3) is 0 Å². The van der Waals surface area contributed by atoms with Crippen LogP contribution in [0.1, 0.15) is 18.1 Å². The molecule has 4 aromatic rings. The minimum Gasteiger partial charge on any atom is -0.464 e. The van der Waals surface area contributed by atoms with Gasteiger partial charge in [-0.15, -0.1) is 5.10 Å². The molecule has 0 unspecified atom stereocenters. The van der Waals surface area contributed by atoms with Gasteiger partial charge in [-0.25, -0.2) is 4.68 Å². The van der Waals surface area contributed by atoms with E-state index < -0.39 is 0 Å². The number of carbonyl (C=O) groups excluding carboxylic acids is 1. The summed E-state index contributed by atoms with van der Waals surface area (Å²) in [5.74, 6) is -0.110. The number of aromatic nitrogens is 4. The average Bonchev–Trinajstić information content (AvgIpc) is 3.32. The van der Waals surface area contributed by atoms with Gasteiger partial charge in [0.1, 0.15) is 11.9 Å². The predicted octanol–water partition coefficient (Wildman–Crippen LogP) is 3.15. The number of aryl methyl sites for hydroxylation is 1. The van der Waals surface area contributed by atoms with E-state index in [4.69, 9.17) is 4.42 Å². The van der Waals surface area contributed by atoms with Crippen molar-refractivity contribution in [2.75, 3.05) is 5.32 Å². The molecule has 0 aliphatic heterocycles. The molecule has 0 atom stereocenters. The lowest BCUT2D eigenvalue weighted by molar-refractivity contribution is -0.115. The lowest BCUT2D eigenvalue weighted by atomic mass is 10.1. The molecule has 2 aromatic carbocycles. The van der Waals surface area contributed by atoms with E-state index in [0.717, 1.165) is 28.6 Å². The molecule has 0 fully saturated rings. The van der Waals surface area contributed by atoms with Crippen LogP contribution in [-0.4, -0.2) is 26.1 Å². The highest BCUT2D eigenvalue weighted by atomic mass is 16.3. The lowest BCUT2D eigenvalue weighted by Crippen LogP contribution is -2.14. The van der Waals surface area contributed by atoms with E-state index in [1.807, 2.05) is 36.4 Å². The highest BCUT2D eigenvalue weighted by molar-refractivity contribution is 5.95. The molecule has 1 amide bonds. The molecule has 0 aliphatic rings. The molecule has 0 saturated heterocycles. The van der Waals surface area contributed by atoms with Gasteiger partial charge in [-0.1, -0.05) is 25.1 Å². The van der Waals surface area contributed by atoms with Crippen LogP contribution in [0, 0.1) is 0 Å². The number of carbonyl (C=O) groups is 1. The predicted molar refractivity (Wildman–Crippen MR) is 97.1 cm³/mol. The quantitative estimate of drug-likeness (QED) is 0.599. The Balaban J connectivity index is 1.50. The summed E-state index contributed by atoms with van der Waals surface area (Å²) in [7, 11) is 0. The SMILES string of the molecule is CCc1ccc2c(CC(=O)Nc3cccc(-n4cnnn4)c3)coc2c1. The summed E-state index contributed by atoms with van der Waals surface area (Å²) in [6, 6.07) is 13.4. The Morgan fingerprint density at radius 2 is 2.15 bits per heavy atom. The summed E-state index contributed by atoms with van der Waals surface area (Å²) >= 11 is 0. The summed E-state index contributed by atoms with van der Waals surface area (Å²) in [5.41, 5.74) is 4.35. The van der Waals surface area contributed by atoms with Gasteiger partial charge in [-0.2, -0.15) is 0 Å². The number of nitrogens with one attached hydrogen (secondary N) is 1. The van der Waals surface area contributed by atoms with Gasteiger partial charge in [0, 0.05) is 16.6 Å². The van der Waals surface area contributed by atoms with Crippen molar-refractivity contribution < 1.29 is 9.21 Å². The maximum Gasteiger partial charge on any atom is 0.228 e. The number of amides is 1. The molecule has 2 aromatic heterocycles. The topological polar surface area (TPSA) is 85.8 Å². The number of hydrogen-bond donors (Lipinski definition) is 1. The Morgan fingerprint density at radius 3 is 2.96 bits per heavy atom. The fourth-order valence-corrected chi connectivity index (χ4v) is 2.87. The molecule has 0 saturated carbocycles. The largest absolute Gasteiger partial charge is 0.464 e. The molecule has 4 rings (SSSR count). The van der Waals surface area contributed by atoms with Gasteiger partial charge in [-0.3, -0.25) is 4.79 Å². The third-order valence-corrected chi connectivity index (χ3v) is 4.22. The zero-order chi connectivity index (χ0) is 17.9. The van der Waals surface area contributed by atoms with E-state index in [-0.39, 0.29) is 12.3 Å². The van der Waals surface area contributed by atoms with Crippen LogP contribution in [0.3, 0.4) is 0 Å². The molecule has 2 heterocycles. The van der Waals surface area contributed by atoms with Crippen molar-refractivity contribution >= 4 is 22.6 Å². The number of rotatable bonds is 5. The van der Waals surface area contributed by atoms with Crippen LogP contribution in [-0.2, 0) is 17.6 Å². The Kier molecular flexibility index (Phi) is 4.18. The first-order valence-electron chi connectivity index (χ1n) is 8.35. The van der Waals surface area contributed by atoms with Gasteiger partial charge in [0.2, 0.25) is 5.91 Å². The van der Waals surface area contributed by atoms with Crippen LogP contribution in [0.15, 0.2) is 59.5 Å². The van der Waals surface area contributed by atoms with Gasteiger partial charge < -0.3 is 9.73 Å². The third-order valence-electron chi connectivity index (χ3n) is 4.22. The number of furan rings is 1. The standard InChI is InChI=1S/C19H17N5O2/c1-2-13-6-7-17-14(11-26-18(17)8-13)9-19(25)21-15-4-3-5-16(10-15)24-12-20-22-23-24/h3-8,10-12H,2,9H2,1H3,(H,21,25). The van der Waals surface area contributed by atoms with E-state index in [9.17, 15) is 4.79 Å². The van der Waals surface area contributed by atoms with Crippen LogP contribution in [0.25, 0.3) is 16.7 Å². The highest BCUT2D eigenvalue weighted by Gasteiger charge is 2.11. The van der Waals surface area contributed by atoms with Gasteiger partial charge in [0.15, 0.2) is 0 Å². The molecular formula is C19H17N5O2. The van der Waals surface area contributed by atoms with Gasteiger partial charge in [-0.05, 0) is 46.7 Å². The van der Waals surface area contributed by atoms with Crippen LogP contribution >= 0.6 is 0 Å². The molecule has 130 valence electrons. The maximum atomic E-state index is 12.4. The number of tetrazole rings is 1. The molecule has 26 heavy (non-hydrogen) atoms. The first-order chi connectivity index (χ1) is 12.7. The molecule has 0 spiro atoms. The molecule has 0 radical (unpaired) electrons. The Hall–Kier alpha value is -3.48. The Bertz CT molecular complexity index is 1050.